The lowest BCUT2D eigenvalue weighted by Gasteiger charge is -2.16. The number of nitrogens with one attached hydrogen (secondary N) is 2. The fraction of sp³-hybridized carbons (Fsp3) is 0.818. The van der Waals surface area contributed by atoms with Crippen LogP contribution in [0.2, 0.25) is 0 Å². The van der Waals surface area contributed by atoms with Gasteiger partial charge in [0.25, 0.3) is 0 Å². The van der Waals surface area contributed by atoms with E-state index in [1.165, 1.54) is 0 Å². The van der Waals surface area contributed by atoms with Gasteiger partial charge >= 0.3 is 12.0 Å². The molecule has 0 spiro atoms. The van der Waals surface area contributed by atoms with Crippen molar-refractivity contribution in [2.45, 2.75) is 44.4 Å². The molecule has 0 aliphatic carbocycles. The Balaban J connectivity index is 3.99. The third kappa shape index (κ3) is 7.90. The summed E-state index contributed by atoms with van der Waals surface area (Å²) in [5.74, 6) is -0.980. The smallest absolute Gasteiger partial charge is 0.326 e. The molecular weight excluding hydrogens is 240 g/mol. The van der Waals surface area contributed by atoms with Crippen LogP contribution in [0.4, 0.5) is 4.79 Å². The molecule has 2 unspecified atom stereocenters. The molecule has 2 amide bonds. The summed E-state index contributed by atoms with van der Waals surface area (Å²) in [5.41, 5.74) is 0. The number of amides is 2. The van der Waals surface area contributed by atoms with E-state index in [2.05, 4.69) is 10.6 Å². The molecule has 3 N–H and O–H groups in total. The lowest BCUT2D eigenvalue weighted by atomic mass is 10.1. The van der Waals surface area contributed by atoms with Gasteiger partial charge in [-0.2, -0.15) is 11.8 Å². The van der Waals surface area contributed by atoms with Gasteiger partial charge in [0.2, 0.25) is 0 Å². The summed E-state index contributed by atoms with van der Waals surface area (Å²) in [6.45, 7) is 4.52. The number of thioether (sulfide) groups is 1. The summed E-state index contributed by atoms with van der Waals surface area (Å²) in [5, 5.41) is 14.4. The third-order valence-corrected chi connectivity index (χ3v) is 3.37. The van der Waals surface area contributed by atoms with Crippen LogP contribution in [-0.2, 0) is 4.79 Å². The van der Waals surface area contributed by atoms with Crippen LogP contribution in [0.3, 0.4) is 0 Å². The Kier molecular flexibility index (Phi) is 8.66. The Labute approximate surface area is 107 Å². The number of carboxylic acids is 1. The summed E-state index contributed by atoms with van der Waals surface area (Å²) in [6, 6.07) is -1.20. The number of carbonyl (C=O) groups is 2. The van der Waals surface area contributed by atoms with Crippen molar-refractivity contribution < 1.29 is 14.7 Å². The second kappa shape index (κ2) is 9.15. The highest BCUT2D eigenvalue weighted by Gasteiger charge is 2.18. The maximum atomic E-state index is 11.4. The van der Waals surface area contributed by atoms with Crippen molar-refractivity contribution in [2.75, 3.05) is 12.8 Å². The van der Waals surface area contributed by atoms with Crippen LogP contribution in [0.5, 0.6) is 0 Å². The molecule has 0 aromatic rings. The number of unbranched alkanes of at least 4 members (excludes halogenated alkanes) is 1. The Bertz CT molecular complexity index is 249. The second-order valence-electron chi connectivity index (χ2n) is 3.93. The minimum atomic E-state index is -0.980. The van der Waals surface area contributed by atoms with Gasteiger partial charge in [0, 0.05) is 11.8 Å². The molecule has 0 rings (SSSR count). The largest absolute Gasteiger partial charge is 0.480 e. The molecule has 0 aliphatic heterocycles. The van der Waals surface area contributed by atoms with Crippen LogP contribution < -0.4 is 10.6 Å². The molecule has 0 heterocycles. The quantitative estimate of drug-likeness (QED) is 0.622. The van der Waals surface area contributed by atoms with Crippen LogP contribution in [0, 0.1) is 0 Å². The molecule has 0 saturated carbocycles. The van der Waals surface area contributed by atoms with E-state index in [9.17, 15) is 9.59 Å². The molecule has 0 fully saturated rings. The Morgan fingerprint density at radius 2 is 2.06 bits per heavy atom. The van der Waals surface area contributed by atoms with Gasteiger partial charge in [0.1, 0.15) is 6.04 Å². The number of urea groups is 1. The predicted molar refractivity (Wildman–Crippen MR) is 70.5 cm³/mol. The zero-order valence-electron chi connectivity index (χ0n) is 10.7. The minimum Gasteiger partial charge on any atom is -0.480 e. The maximum absolute atomic E-state index is 11.4. The normalized spacial score (nSPS) is 13.8. The van der Waals surface area contributed by atoms with E-state index in [1.54, 1.807) is 11.8 Å². The highest BCUT2D eigenvalue weighted by atomic mass is 32.2. The van der Waals surface area contributed by atoms with Gasteiger partial charge in [0.05, 0.1) is 0 Å². The van der Waals surface area contributed by atoms with Crippen molar-refractivity contribution in [1.29, 1.82) is 0 Å². The Morgan fingerprint density at radius 1 is 1.41 bits per heavy atom. The standard InChI is InChI=1S/C11H22N2O3S/c1-4-5-6-9(10(14)15)13-11(16)12-7-8(2)17-3/h8-9H,4-7H2,1-3H3,(H,14,15)(H2,12,13,16). The third-order valence-electron chi connectivity index (χ3n) is 2.40. The number of carboxylic acid groups (broad SMARTS) is 1. The van der Waals surface area contributed by atoms with E-state index < -0.39 is 18.0 Å². The zero-order chi connectivity index (χ0) is 13.3. The SMILES string of the molecule is CCCCC(NC(=O)NCC(C)SC)C(=O)O. The predicted octanol–water partition coefficient (Wildman–Crippen LogP) is 1.68. The number of carbonyl (C=O) groups excluding carboxylic acids is 1. The topological polar surface area (TPSA) is 78.4 Å². The van der Waals surface area contributed by atoms with Gasteiger partial charge in [-0.3, -0.25) is 0 Å². The summed E-state index contributed by atoms with van der Waals surface area (Å²) < 4.78 is 0. The van der Waals surface area contributed by atoms with E-state index in [4.69, 9.17) is 5.11 Å². The monoisotopic (exact) mass is 262 g/mol. The van der Waals surface area contributed by atoms with Gasteiger partial charge in [-0.1, -0.05) is 26.7 Å². The van der Waals surface area contributed by atoms with E-state index in [0.29, 0.717) is 18.2 Å². The molecule has 0 aromatic carbocycles. The first-order chi connectivity index (χ1) is 8.01. The number of hydrogen-bond acceptors (Lipinski definition) is 3. The highest BCUT2D eigenvalue weighted by molar-refractivity contribution is 7.99. The van der Waals surface area contributed by atoms with Crippen molar-refractivity contribution in [3.05, 3.63) is 0 Å². The molecule has 0 aromatic heterocycles. The van der Waals surface area contributed by atoms with Crippen molar-refractivity contribution >= 4 is 23.8 Å². The summed E-state index contributed by atoms with van der Waals surface area (Å²) >= 11 is 1.65. The van der Waals surface area contributed by atoms with Crippen LogP contribution in [-0.4, -0.2) is 41.2 Å². The summed E-state index contributed by atoms with van der Waals surface area (Å²) in [4.78, 5) is 22.3. The van der Waals surface area contributed by atoms with Crippen LogP contribution in [0.1, 0.15) is 33.1 Å². The van der Waals surface area contributed by atoms with Crippen molar-refractivity contribution in [2.24, 2.45) is 0 Å². The van der Waals surface area contributed by atoms with Gasteiger partial charge in [-0.05, 0) is 12.7 Å². The average molecular weight is 262 g/mol. The minimum absolute atomic E-state index is 0.319. The van der Waals surface area contributed by atoms with Crippen molar-refractivity contribution in [1.82, 2.24) is 10.6 Å². The fourth-order valence-corrected chi connectivity index (χ4v) is 1.44. The second-order valence-corrected chi connectivity index (χ2v) is 5.21. The Hall–Kier alpha value is -0.910. The van der Waals surface area contributed by atoms with Crippen LogP contribution in [0.15, 0.2) is 0 Å². The zero-order valence-corrected chi connectivity index (χ0v) is 11.5. The highest BCUT2D eigenvalue weighted by Crippen LogP contribution is 2.03. The number of hydrogen-bond donors (Lipinski definition) is 3. The van der Waals surface area contributed by atoms with Crippen LogP contribution in [0.25, 0.3) is 0 Å². The molecule has 0 radical (unpaired) electrons. The van der Waals surface area contributed by atoms with E-state index in [-0.39, 0.29) is 0 Å². The van der Waals surface area contributed by atoms with E-state index in [1.807, 2.05) is 20.1 Å². The lowest BCUT2D eigenvalue weighted by Crippen LogP contribution is -2.47. The summed E-state index contributed by atoms with van der Waals surface area (Å²) in [7, 11) is 0. The van der Waals surface area contributed by atoms with E-state index >= 15 is 0 Å². The average Bonchev–Trinajstić information content (AvgIpc) is 2.30. The Morgan fingerprint density at radius 3 is 2.53 bits per heavy atom. The molecule has 0 saturated heterocycles. The molecule has 100 valence electrons. The first-order valence-corrected chi connectivity index (χ1v) is 7.10. The van der Waals surface area contributed by atoms with Gasteiger partial charge < -0.3 is 15.7 Å². The first kappa shape index (κ1) is 16.1. The molecule has 5 nitrogen and oxygen atoms in total. The molecule has 2 atom stereocenters. The molecule has 6 heteroatoms. The number of rotatable bonds is 8. The maximum Gasteiger partial charge on any atom is 0.326 e. The number of aliphatic carboxylic acids is 1. The molecule has 0 bridgehead atoms. The first-order valence-electron chi connectivity index (χ1n) is 5.81. The van der Waals surface area contributed by atoms with Crippen molar-refractivity contribution in [3.63, 3.8) is 0 Å². The fourth-order valence-electron chi connectivity index (χ4n) is 1.19. The van der Waals surface area contributed by atoms with Gasteiger partial charge in [0.15, 0.2) is 0 Å². The van der Waals surface area contributed by atoms with Crippen molar-refractivity contribution in [3.8, 4) is 0 Å². The molecule has 0 aliphatic rings. The van der Waals surface area contributed by atoms with Gasteiger partial charge in [-0.15, -0.1) is 0 Å². The van der Waals surface area contributed by atoms with Crippen LogP contribution >= 0.6 is 11.8 Å². The van der Waals surface area contributed by atoms with Gasteiger partial charge in [-0.25, -0.2) is 9.59 Å². The molecular formula is C11H22N2O3S. The van der Waals surface area contributed by atoms with E-state index in [0.717, 1.165) is 12.8 Å². The molecule has 17 heavy (non-hydrogen) atoms. The lowest BCUT2D eigenvalue weighted by molar-refractivity contribution is -0.139. The summed E-state index contributed by atoms with van der Waals surface area (Å²) in [6.07, 6.45) is 4.14.